The number of primary amides is 1. The Kier molecular flexibility index (Phi) is 3.08. The number of carbonyl (C=O) groups is 1. The van der Waals surface area contributed by atoms with Gasteiger partial charge in [0, 0.05) is 5.69 Å². The molecule has 1 heterocycles. The molecule has 0 unspecified atom stereocenters. The second-order valence-electron chi connectivity index (χ2n) is 2.54. The zero-order chi connectivity index (χ0) is 10.7. The van der Waals surface area contributed by atoms with E-state index in [1.165, 1.54) is 7.05 Å². The van der Waals surface area contributed by atoms with E-state index < -0.39 is 6.03 Å². The van der Waals surface area contributed by atoms with Crippen LogP contribution in [0.3, 0.4) is 0 Å². The van der Waals surface area contributed by atoms with Gasteiger partial charge in [-0.2, -0.15) is 15.0 Å². The number of carbonyl (C=O) groups excluding carboxylic acids is 1. The van der Waals surface area contributed by atoms with Crippen LogP contribution >= 0.6 is 11.6 Å². The molecule has 0 aliphatic heterocycles. The van der Waals surface area contributed by atoms with Gasteiger partial charge in [0.2, 0.25) is 0 Å². The number of hydroxylamine groups is 2. The van der Waals surface area contributed by atoms with E-state index in [0.29, 0.717) is 5.69 Å². The van der Waals surface area contributed by atoms with Crippen LogP contribution < -0.4 is 10.6 Å². The molecule has 0 saturated carbocycles. The minimum atomic E-state index is -0.744. The molecule has 1 rings (SSSR count). The van der Waals surface area contributed by atoms with E-state index in [-0.39, 0.29) is 11.2 Å². The van der Waals surface area contributed by atoms with E-state index in [1.54, 1.807) is 13.0 Å². The summed E-state index contributed by atoms with van der Waals surface area (Å²) in [5.74, 6) is 0. The maximum absolute atomic E-state index is 10.6. The lowest BCUT2D eigenvalue weighted by atomic mass is 10.5. The molecule has 76 valence electrons. The SMILES string of the molecule is Cc1cc(Cl)nc(ON(C)C(N)=O)n1. The van der Waals surface area contributed by atoms with Crippen LogP contribution in [0.1, 0.15) is 5.69 Å². The normalized spacial score (nSPS) is 9.64. The lowest BCUT2D eigenvalue weighted by Crippen LogP contribution is -2.35. The smallest absolute Gasteiger partial charge is 0.347 e. The molecule has 7 heteroatoms. The Bertz CT molecular complexity index is 337. The van der Waals surface area contributed by atoms with E-state index in [1.807, 2.05) is 0 Å². The topological polar surface area (TPSA) is 81.3 Å². The fourth-order valence-electron chi connectivity index (χ4n) is 0.712. The van der Waals surface area contributed by atoms with Gasteiger partial charge in [0.1, 0.15) is 5.15 Å². The second kappa shape index (κ2) is 4.10. The van der Waals surface area contributed by atoms with Crippen molar-refractivity contribution in [3.63, 3.8) is 0 Å². The first-order valence-corrected chi connectivity index (χ1v) is 4.09. The number of nitrogens with zero attached hydrogens (tertiary/aromatic N) is 3. The Hall–Kier alpha value is -1.56. The van der Waals surface area contributed by atoms with Gasteiger partial charge in [-0.3, -0.25) is 0 Å². The number of halogens is 1. The molecule has 0 spiro atoms. The molecule has 0 aromatic carbocycles. The molecule has 2 amide bonds. The molecular weight excluding hydrogens is 208 g/mol. The Labute approximate surface area is 85.6 Å². The zero-order valence-electron chi connectivity index (χ0n) is 7.69. The number of hydrogen-bond donors (Lipinski definition) is 1. The fourth-order valence-corrected chi connectivity index (χ4v) is 0.943. The molecule has 0 fully saturated rings. The van der Waals surface area contributed by atoms with Gasteiger partial charge < -0.3 is 10.6 Å². The van der Waals surface area contributed by atoms with Gasteiger partial charge in [-0.05, 0) is 13.0 Å². The van der Waals surface area contributed by atoms with Crippen LogP contribution in [0.25, 0.3) is 0 Å². The molecule has 14 heavy (non-hydrogen) atoms. The maximum atomic E-state index is 10.6. The van der Waals surface area contributed by atoms with Crippen molar-refractivity contribution in [3.8, 4) is 6.01 Å². The van der Waals surface area contributed by atoms with Crippen molar-refractivity contribution < 1.29 is 9.63 Å². The van der Waals surface area contributed by atoms with E-state index in [2.05, 4.69) is 9.97 Å². The van der Waals surface area contributed by atoms with Gasteiger partial charge in [-0.15, -0.1) is 0 Å². The molecule has 0 radical (unpaired) electrons. The summed E-state index contributed by atoms with van der Waals surface area (Å²) >= 11 is 5.65. The first-order chi connectivity index (χ1) is 6.49. The molecule has 0 saturated heterocycles. The summed E-state index contributed by atoms with van der Waals surface area (Å²) in [5.41, 5.74) is 5.57. The number of rotatable bonds is 2. The van der Waals surface area contributed by atoms with E-state index in [0.717, 1.165) is 5.06 Å². The number of aromatic nitrogens is 2. The van der Waals surface area contributed by atoms with E-state index in [4.69, 9.17) is 22.2 Å². The maximum Gasteiger partial charge on any atom is 0.347 e. The summed E-state index contributed by atoms with van der Waals surface area (Å²) in [4.78, 5) is 23.1. The molecule has 1 aromatic heterocycles. The number of nitrogens with two attached hydrogens (primary N) is 1. The van der Waals surface area contributed by atoms with Crippen LogP contribution in [-0.2, 0) is 0 Å². The second-order valence-corrected chi connectivity index (χ2v) is 2.93. The van der Waals surface area contributed by atoms with Crippen LogP contribution in [0.4, 0.5) is 4.79 Å². The number of aryl methyl sites for hydroxylation is 1. The van der Waals surface area contributed by atoms with Crippen LogP contribution in [0, 0.1) is 6.92 Å². The molecular formula is C7H9ClN4O2. The molecule has 0 bridgehead atoms. The fraction of sp³-hybridized carbons (Fsp3) is 0.286. The highest BCUT2D eigenvalue weighted by Gasteiger charge is 2.08. The standard InChI is InChI=1S/C7H9ClN4O2/c1-4-3-5(8)11-7(10-4)14-12(2)6(9)13/h3H,1-2H3,(H2,9,13). The molecule has 6 nitrogen and oxygen atoms in total. The number of hydrogen-bond acceptors (Lipinski definition) is 4. The number of amides is 2. The van der Waals surface area contributed by atoms with E-state index in [9.17, 15) is 4.79 Å². The average Bonchev–Trinajstić information content (AvgIpc) is 2.01. The van der Waals surface area contributed by atoms with Crippen molar-refractivity contribution in [2.45, 2.75) is 6.92 Å². The van der Waals surface area contributed by atoms with Crippen molar-refractivity contribution in [2.24, 2.45) is 5.73 Å². The molecule has 2 N–H and O–H groups in total. The van der Waals surface area contributed by atoms with Crippen molar-refractivity contribution in [1.82, 2.24) is 15.0 Å². The molecule has 1 aromatic rings. The summed E-state index contributed by atoms with van der Waals surface area (Å²) in [6.45, 7) is 1.73. The zero-order valence-corrected chi connectivity index (χ0v) is 8.45. The predicted octanol–water partition coefficient (Wildman–Crippen LogP) is 0.743. The van der Waals surface area contributed by atoms with Gasteiger partial charge in [-0.1, -0.05) is 11.6 Å². The predicted molar refractivity (Wildman–Crippen MR) is 49.8 cm³/mol. The third-order valence-corrected chi connectivity index (χ3v) is 1.53. The summed E-state index contributed by atoms with van der Waals surface area (Å²) in [5, 5.41) is 1.05. The summed E-state index contributed by atoms with van der Waals surface area (Å²) in [6.07, 6.45) is 0. The first kappa shape index (κ1) is 10.5. The Morgan fingerprint density at radius 3 is 2.79 bits per heavy atom. The van der Waals surface area contributed by atoms with Gasteiger partial charge in [0.15, 0.2) is 0 Å². The van der Waals surface area contributed by atoms with Crippen LogP contribution in [0.5, 0.6) is 6.01 Å². The summed E-state index contributed by atoms with van der Waals surface area (Å²) in [7, 11) is 1.35. The van der Waals surface area contributed by atoms with Crippen molar-refractivity contribution in [1.29, 1.82) is 0 Å². The Balaban J connectivity index is 2.81. The molecule has 0 aliphatic rings. The molecule has 0 aliphatic carbocycles. The van der Waals surface area contributed by atoms with Crippen molar-refractivity contribution in [2.75, 3.05) is 7.05 Å². The van der Waals surface area contributed by atoms with E-state index >= 15 is 0 Å². The average molecular weight is 217 g/mol. The summed E-state index contributed by atoms with van der Waals surface area (Å²) in [6, 6.07) is 0.807. The van der Waals surface area contributed by atoms with Crippen molar-refractivity contribution >= 4 is 17.6 Å². The van der Waals surface area contributed by atoms with Crippen LogP contribution in [0.2, 0.25) is 5.15 Å². The largest absolute Gasteiger partial charge is 0.349 e. The van der Waals surface area contributed by atoms with Gasteiger partial charge in [0.25, 0.3) is 0 Å². The monoisotopic (exact) mass is 216 g/mol. The molecule has 0 atom stereocenters. The van der Waals surface area contributed by atoms with Crippen LogP contribution in [0.15, 0.2) is 6.07 Å². The summed E-state index contributed by atoms with van der Waals surface area (Å²) < 4.78 is 0. The van der Waals surface area contributed by atoms with Gasteiger partial charge in [0.05, 0.1) is 7.05 Å². The minimum Gasteiger partial charge on any atom is -0.349 e. The third kappa shape index (κ3) is 2.74. The first-order valence-electron chi connectivity index (χ1n) is 3.71. The highest BCUT2D eigenvalue weighted by molar-refractivity contribution is 6.29. The minimum absolute atomic E-state index is 0.0173. The Morgan fingerprint density at radius 1 is 1.64 bits per heavy atom. The van der Waals surface area contributed by atoms with Crippen molar-refractivity contribution in [3.05, 3.63) is 16.9 Å². The number of urea groups is 1. The highest BCUT2D eigenvalue weighted by Crippen LogP contribution is 2.11. The quantitative estimate of drug-likeness (QED) is 0.584. The van der Waals surface area contributed by atoms with Gasteiger partial charge in [-0.25, -0.2) is 4.79 Å². The Morgan fingerprint density at radius 2 is 2.29 bits per heavy atom. The highest BCUT2D eigenvalue weighted by atomic mass is 35.5. The van der Waals surface area contributed by atoms with Crippen LogP contribution in [-0.4, -0.2) is 28.1 Å². The lowest BCUT2D eigenvalue weighted by Gasteiger charge is -2.12. The van der Waals surface area contributed by atoms with Gasteiger partial charge >= 0.3 is 12.0 Å². The lowest BCUT2D eigenvalue weighted by molar-refractivity contribution is 0.00637. The third-order valence-electron chi connectivity index (χ3n) is 1.33.